The van der Waals surface area contributed by atoms with Gasteiger partial charge >= 0.3 is 0 Å². The minimum Gasteiger partial charge on any atom is -0.456 e. The molecule has 216 valence electrons. The van der Waals surface area contributed by atoms with Crippen LogP contribution >= 0.6 is 0 Å². The van der Waals surface area contributed by atoms with Crippen LogP contribution in [-0.2, 0) is 14.0 Å². The minimum atomic E-state index is -2.26. The van der Waals surface area contributed by atoms with E-state index in [1.54, 1.807) is 27.4 Å². The van der Waals surface area contributed by atoms with E-state index in [0.717, 1.165) is 23.4 Å². The lowest BCUT2D eigenvalue weighted by molar-refractivity contribution is -0.00570. The van der Waals surface area contributed by atoms with Crippen LogP contribution in [0.25, 0.3) is 0 Å². The van der Waals surface area contributed by atoms with E-state index in [1.807, 2.05) is 7.11 Å². The predicted molar refractivity (Wildman–Crippen MR) is 174 cm³/mol. The van der Waals surface area contributed by atoms with Gasteiger partial charge in [0.25, 0.3) is 0 Å². The first-order valence-corrected chi connectivity index (χ1v) is 25.0. The summed E-state index contributed by atoms with van der Waals surface area (Å²) >= 11 is 0. The van der Waals surface area contributed by atoms with Gasteiger partial charge in [-0.1, -0.05) is 47.6 Å². The summed E-state index contributed by atoms with van der Waals surface area (Å²) in [5.74, 6) is 4.45. The molecule has 4 fully saturated rings. The second kappa shape index (κ2) is 10.6. The van der Waals surface area contributed by atoms with E-state index in [0.29, 0.717) is 23.2 Å². The summed E-state index contributed by atoms with van der Waals surface area (Å²) in [6.45, 7) is 29.2. The van der Waals surface area contributed by atoms with Crippen LogP contribution in [-0.4, -0.2) is 32.1 Å². The molecule has 1 aromatic carbocycles. The van der Waals surface area contributed by atoms with E-state index in [2.05, 4.69) is 86.9 Å². The molecule has 0 heterocycles. The van der Waals surface area contributed by atoms with Gasteiger partial charge in [-0.05, 0) is 152 Å². The van der Waals surface area contributed by atoms with E-state index in [1.165, 1.54) is 38.5 Å². The Morgan fingerprint density at radius 3 is 1.55 bits per heavy atom. The van der Waals surface area contributed by atoms with Gasteiger partial charge in [0, 0.05) is 7.11 Å². The van der Waals surface area contributed by atoms with Crippen LogP contribution < -0.4 is 5.19 Å². The molecule has 4 aliphatic carbocycles. The third kappa shape index (κ3) is 5.89. The van der Waals surface area contributed by atoms with E-state index >= 15 is 0 Å². The van der Waals surface area contributed by atoms with Crippen LogP contribution in [0, 0.1) is 17.8 Å². The second-order valence-electron chi connectivity index (χ2n) is 16.5. The molecule has 0 spiro atoms. The maximum absolute atomic E-state index is 6.95. The molecule has 5 heteroatoms. The molecule has 0 N–H and O–H groups in total. The van der Waals surface area contributed by atoms with Gasteiger partial charge in [-0.2, -0.15) is 0 Å². The predicted octanol–water partition coefficient (Wildman–Crippen LogP) is 9.55. The molecule has 4 saturated carbocycles. The van der Waals surface area contributed by atoms with Crippen molar-refractivity contribution in [2.75, 3.05) is 7.11 Å². The van der Waals surface area contributed by atoms with E-state index in [4.69, 9.17) is 8.54 Å². The Morgan fingerprint density at radius 2 is 1.18 bits per heavy atom. The standard InChI is InChI=1S/C33H60O2Si3/c1-22(2)30-28(33-18-25-14-26(19-33)16-27(15-25)20-33)17-29(31(23(3)4)32(30)24(5)6)38(13,34-7)21-37(11,12)35-36(8,9)10/h17,22-27H,14-16,18-21H2,1-13H3. The Hall–Kier alpha value is -0.209. The minimum absolute atomic E-state index is 0.396. The van der Waals surface area contributed by atoms with Gasteiger partial charge in [0.1, 0.15) is 0 Å². The summed E-state index contributed by atoms with van der Waals surface area (Å²) < 4.78 is 13.7. The number of rotatable bonds is 10. The molecule has 1 unspecified atom stereocenters. The van der Waals surface area contributed by atoms with Crippen LogP contribution in [0.4, 0.5) is 0 Å². The van der Waals surface area contributed by atoms with Crippen molar-refractivity contribution in [3.63, 3.8) is 0 Å². The molecule has 5 rings (SSSR count). The Balaban J connectivity index is 1.98. The second-order valence-corrected chi connectivity index (χ2v) is 29.8. The lowest BCUT2D eigenvalue weighted by Gasteiger charge is -2.58. The van der Waals surface area contributed by atoms with Gasteiger partial charge in [-0.25, -0.2) is 0 Å². The zero-order valence-electron chi connectivity index (χ0n) is 27.3. The van der Waals surface area contributed by atoms with E-state index in [9.17, 15) is 0 Å². The molecule has 38 heavy (non-hydrogen) atoms. The fourth-order valence-electron chi connectivity index (χ4n) is 9.87. The maximum atomic E-state index is 6.95. The van der Waals surface area contributed by atoms with Crippen molar-refractivity contribution in [3.05, 3.63) is 28.3 Å². The number of hydrogen-bond acceptors (Lipinski definition) is 2. The maximum Gasteiger partial charge on any atom is 0.220 e. The first kappa shape index (κ1) is 30.7. The van der Waals surface area contributed by atoms with Gasteiger partial charge < -0.3 is 8.54 Å². The molecule has 4 bridgehead atoms. The number of hydrogen-bond donors (Lipinski definition) is 0. The van der Waals surface area contributed by atoms with Crippen LogP contribution in [0.1, 0.15) is 120 Å². The highest BCUT2D eigenvalue weighted by Gasteiger charge is 2.53. The normalized spacial score (nSPS) is 29.1. The molecule has 2 nitrogen and oxygen atoms in total. The highest BCUT2D eigenvalue weighted by molar-refractivity contribution is 6.99. The summed E-state index contributed by atoms with van der Waals surface area (Å²) in [6, 6.07) is 2.79. The topological polar surface area (TPSA) is 18.5 Å². The fourth-order valence-corrected chi connectivity index (χ4v) is 26.9. The molecule has 1 atom stereocenters. The lowest BCUT2D eigenvalue weighted by Crippen LogP contribution is -2.58. The van der Waals surface area contributed by atoms with Gasteiger partial charge in [0.15, 0.2) is 16.6 Å². The molecule has 0 radical (unpaired) electrons. The fraction of sp³-hybridized carbons (Fsp3) is 0.818. The molecule has 1 aromatic rings. The van der Waals surface area contributed by atoms with Crippen molar-refractivity contribution in [1.29, 1.82) is 0 Å². The van der Waals surface area contributed by atoms with Crippen molar-refractivity contribution >= 4 is 30.1 Å². The Bertz CT molecular complexity index is 985. The first-order chi connectivity index (χ1) is 17.4. The summed E-state index contributed by atoms with van der Waals surface area (Å²) in [7, 11) is -3.77. The SMILES string of the molecule is CO[Si](C)(C[Si](C)(C)O[Si](C)(C)C)c1cc(C23CC4CC(CC(C4)C2)C3)c(C(C)C)c(C(C)C)c1C(C)C. The molecule has 0 amide bonds. The van der Waals surface area contributed by atoms with E-state index in [-0.39, 0.29) is 0 Å². The average Bonchev–Trinajstić information content (AvgIpc) is 2.74. The van der Waals surface area contributed by atoms with Crippen molar-refractivity contribution in [1.82, 2.24) is 0 Å². The zero-order valence-corrected chi connectivity index (χ0v) is 30.3. The van der Waals surface area contributed by atoms with Crippen molar-refractivity contribution in [2.24, 2.45) is 17.8 Å². The first-order valence-electron chi connectivity index (χ1n) is 15.9. The van der Waals surface area contributed by atoms with Crippen LogP contribution in [0.2, 0.25) is 44.9 Å². The highest BCUT2D eigenvalue weighted by atomic mass is 28.5. The largest absolute Gasteiger partial charge is 0.456 e. The monoisotopic (exact) mass is 572 g/mol. The smallest absolute Gasteiger partial charge is 0.220 e. The quantitative estimate of drug-likeness (QED) is 0.260. The van der Waals surface area contributed by atoms with Crippen molar-refractivity contribution in [3.8, 4) is 0 Å². The van der Waals surface area contributed by atoms with Gasteiger partial charge in [-0.15, -0.1) is 0 Å². The molecule has 4 aliphatic rings. The van der Waals surface area contributed by atoms with Gasteiger partial charge in [0.2, 0.25) is 8.32 Å². The average molecular weight is 573 g/mol. The Kier molecular flexibility index (Phi) is 8.55. The molecule has 0 aromatic heterocycles. The summed E-state index contributed by atoms with van der Waals surface area (Å²) in [5.41, 5.74) is 8.32. The summed E-state index contributed by atoms with van der Waals surface area (Å²) in [5, 5.41) is 1.62. The highest BCUT2D eigenvalue weighted by Crippen LogP contribution is 2.62. The molecule has 0 aliphatic heterocycles. The Labute approximate surface area is 239 Å². The van der Waals surface area contributed by atoms with Crippen LogP contribution in [0.15, 0.2) is 6.07 Å². The lowest BCUT2D eigenvalue weighted by atomic mass is 9.47. The van der Waals surface area contributed by atoms with Crippen LogP contribution in [0.5, 0.6) is 0 Å². The van der Waals surface area contributed by atoms with E-state index < -0.39 is 25.0 Å². The van der Waals surface area contributed by atoms with Crippen molar-refractivity contribution < 1.29 is 8.54 Å². The summed E-state index contributed by atoms with van der Waals surface area (Å²) in [6.07, 6.45) is 8.80. The van der Waals surface area contributed by atoms with Crippen molar-refractivity contribution in [2.45, 2.75) is 148 Å². The van der Waals surface area contributed by atoms with Gasteiger partial charge in [-0.3, -0.25) is 0 Å². The molecular formula is C33H60O2Si3. The molecule has 0 saturated heterocycles. The third-order valence-corrected chi connectivity index (χ3v) is 23.4. The Morgan fingerprint density at radius 1 is 0.737 bits per heavy atom. The van der Waals surface area contributed by atoms with Crippen LogP contribution in [0.3, 0.4) is 0 Å². The third-order valence-electron chi connectivity index (χ3n) is 10.2. The zero-order chi connectivity index (χ0) is 28.4. The van der Waals surface area contributed by atoms with Gasteiger partial charge in [0.05, 0.1) is 0 Å². The number of benzene rings is 1. The molecular weight excluding hydrogens is 513 g/mol. The summed E-state index contributed by atoms with van der Waals surface area (Å²) in [4.78, 5) is 0.